The molecule has 0 aliphatic heterocycles. The summed E-state index contributed by atoms with van der Waals surface area (Å²) in [5, 5.41) is 0. The summed E-state index contributed by atoms with van der Waals surface area (Å²) in [4.78, 5) is 35.0. The van der Waals surface area contributed by atoms with E-state index >= 15 is 0 Å². The van der Waals surface area contributed by atoms with Crippen LogP contribution in [0.3, 0.4) is 0 Å². The molecule has 0 aliphatic rings. The standard InChI is InChI=1S/C21H22N2O5/c1-3-27-21(26)17-9-11-18(12-10-17)28-14-20(25)23-22-19(24)13-8-16-6-4-15(2)5-7-16/h4-13H,3,14H2,1-2H3,(H,22,24)(H,23,25)/b13-8+. The van der Waals surface area contributed by atoms with Crippen molar-refractivity contribution in [2.75, 3.05) is 13.2 Å². The van der Waals surface area contributed by atoms with Crippen LogP contribution in [0.2, 0.25) is 0 Å². The molecule has 146 valence electrons. The summed E-state index contributed by atoms with van der Waals surface area (Å²) >= 11 is 0. The molecule has 7 heteroatoms. The van der Waals surface area contributed by atoms with Crippen molar-refractivity contribution < 1.29 is 23.9 Å². The van der Waals surface area contributed by atoms with Crippen molar-refractivity contribution in [3.63, 3.8) is 0 Å². The first-order valence-electron chi connectivity index (χ1n) is 8.71. The quantitative estimate of drug-likeness (QED) is 0.436. The zero-order valence-electron chi connectivity index (χ0n) is 15.7. The lowest BCUT2D eigenvalue weighted by Gasteiger charge is -2.08. The third kappa shape index (κ3) is 6.95. The van der Waals surface area contributed by atoms with Gasteiger partial charge in [0.1, 0.15) is 5.75 Å². The van der Waals surface area contributed by atoms with E-state index < -0.39 is 17.8 Å². The highest BCUT2D eigenvalue weighted by Crippen LogP contribution is 2.12. The SMILES string of the molecule is CCOC(=O)c1ccc(OCC(=O)NNC(=O)/C=C/c2ccc(C)cc2)cc1. The second kappa shape index (κ2) is 10.5. The zero-order chi connectivity index (χ0) is 20.4. The fourth-order valence-electron chi connectivity index (χ4n) is 2.11. The Labute approximate surface area is 163 Å². The van der Waals surface area contributed by atoms with Gasteiger partial charge in [-0.05, 0) is 49.8 Å². The lowest BCUT2D eigenvalue weighted by Crippen LogP contribution is -2.43. The van der Waals surface area contributed by atoms with Crippen molar-refractivity contribution in [2.45, 2.75) is 13.8 Å². The van der Waals surface area contributed by atoms with E-state index in [0.29, 0.717) is 17.9 Å². The average molecular weight is 382 g/mol. The van der Waals surface area contributed by atoms with Crippen LogP contribution in [0.15, 0.2) is 54.6 Å². The second-order valence-electron chi connectivity index (χ2n) is 5.81. The summed E-state index contributed by atoms with van der Waals surface area (Å²) < 4.78 is 10.2. The number of hydrogen-bond donors (Lipinski definition) is 2. The molecule has 2 rings (SSSR count). The van der Waals surface area contributed by atoms with E-state index in [1.165, 1.54) is 6.08 Å². The van der Waals surface area contributed by atoms with Gasteiger partial charge in [0.15, 0.2) is 6.61 Å². The van der Waals surface area contributed by atoms with E-state index in [-0.39, 0.29) is 6.61 Å². The molecule has 2 aromatic rings. The molecule has 0 aliphatic carbocycles. The molecule has 0 heterocycles. The molecule has 0 spiro atoms. The number of hydrazine groups is 1. The highest BCUT2D eigenvalue weighted by atomic mass is 16.5. The van der Waals surface area contributed by atoms with Crippen molar-refractivity contribution in [1.82, 2.24) is 10.9 Å². The van der Waals surface area contributed by atoms with Crippen LogP contribution in [-0.2, 0) is 14.3 Å². The van der Waals surface area contributed by atoms with E-state index in [0.717, 1.165) is 11.1 Å². The number of amides is 2. The summed E-state index contributed by atoms with van der Waals surface area (Å²) in [7, 11) is 0. The van der Waals surface area contributed by atoms with Gasteiger partial charge in [-0.25, -0.2) is 4.79 Å². The summed E-state index contributed by atoms with van der Waals surface area (Å²) in [5.41, 5.74) is 6.93. The van der Waals surface area contributed by atoms with E-state index in [1.807, 2.05) is 31.2 Å². The monoisotopic (exact) mass is 382 g/mol. The molecule has 2 N–H and O–H groups in total. The van der Waals surface area contributed by atoms with Crippen molar-refractivity contribution in [2.24, 2.45) is 0 Å². The first-order chi connectivity index (χ1) is 13.5. The molecule has 2 aromatic carbocycles. The van der Waals surface area contributed by atoms with Gasteiger partial charge in [-0.2, -0.15) is 0 Å². The minimum absolute atomic E-state index is 0.291. The largest absolute Gasteiger partial charge is 0.484 e. The minimum atomic E-state index is -0.522. The second-order valence-corrected chi connectivity index (χ2v) is 5.81. The molecule has 0 saturated heterocycles. The number of hydrogen-bond acceptors (Lipinski definition) is 5. The van der Waals surface area contributed by atoms with Crippen LogP contribution >= 0.6 is 0 Å². The number of carbonyl (C=O) groups is 3. The molecule has 2 amide bonds. The summed E-state index contributed by atoms with van der Waals surface area (Å²) in [5.74, 6) is -0.999. The predicted octanol–water partition coefficient (Wildman–Crippen LogP) is 2.41. The van der Waals surface area contributed by atoms with Gasteiger partial charge in [0.2, 0.25) is 0 Å². The van der Waals surface area contributed by atoms with Gasteiger partial charge >= 0.3 is 5.97 Å². The average Bonchev–Trinajstić information content (AvgIpc) is 2.71. The first kappa shape index (κ1) is 20.7. The number of rotatable bonds is 7. The number of aryl methyl sites for hydroxylation is 1. The van der Waals surface area contributed by atoms with Crippen LogP contribution in [0.25, 0.3) is 6.08 Å². The first-order valence-corrected chi connectivity index (χ1v) is 8.71. The lowest BCUT2D eigenvalue weighted by atomic mass is 10.1. The van der Waals surface area contributed by atoms with Gasteiger partial charge in [-0.1, -0.05) is 29.8 Å². The normalized spacial score (nSPS) is 10.4. The van der Waals surface area contributed by atoms with Crippen molar-refractivity contribution >= 4 is 23.9 Å². The fourth-order valence-corrected chi connectivity index (χ4v) is 2.11. The Morgan fingerprint density at radius 3 is 2.29 bits per heavy atom. The van der Waals surface area contributed by atoms with Crippen molar-refractivity contribution in [3.8, 4) is 5.75 Å². The van der Waals surface area contributed by atoms with E-state index in [9.17, 15) is 14.4 Å². The van der Waals surface area contributed by atoms with Crippen LogP contribution in [0.5, 0.6) is 5.75 Å². The van der Waals surface area contributed by atoms with Crippen LogP contribution in [-0.4, -0.2) is 31.0 Å². The van der Waals surface area contributed by atoms with Crippen molar-refractivity contribution in [1.29, 1.82) is 0 Å². The molecule has 0 atom stereocenters. The Morgan fingerprint density at radius 2 is 1.64 bits per heavy atom. The Kier molecular flexibility index (Phi) is 7.77. The highest BCUT2D eigenvalue weighted by molar-refractivity contribution is 5.93. The Bertz CT molecular complexity index is 842. The molecule has 0 fully saturated rings. The Morgan fingerprint density at radius 1 is 0.964 bits per heavy atom. The molecule has 0 saturated carbocycles. The minimum Gasteiger partial charge on any atom is -0.484 e. The van der Waals surface area contributed by atoms with Gasteiger partial charge in [-0.3, -0.25) is 20.4 Å². The zero-order valence-corrected chi connectivity index (χ0v) is 15.7. The maximum absolute atomic E-state index is 11.7. The van der Waals surface area contributed by atoms with E-state index in [4.69, 9.17) is 9.47 Å². The molecule has 28 heavy (non-hydrogen) atoms. The summed E-state index contributed by atoms with van der Waals surface area (Å²) in [6.07, 6.45) is 2.96. The number of ether oxygens (including phenoxy) is 2. The van der Waals surface area contributed by atoms with E-state index in [1.54, 1.807) is 37.3 Å². The smallest absolute Gasteiger partial charge is 0.338 e. The molecule has 7 nitrogen and oxygen atoms in total. The predicted molar refractivity (Wildman–Crippen MR) is 104 cm³/mol. The van der Waals surface area contributed by atoms with Crippen LogP contribution < -0.4 is 15.6 Å². The molecule has 0 bridgehead atoms. The third-order valence-electron chi connectivity index (χ3n) is 3.57. The maximum Gasteiger partial charge on any atom is 0.338 e. The van der Waals surface area contributed by atoms with E-state index in [2.05, 4.69) is 10.9 Å². The number of esters is 1. The fraction of sp³-hybridized carbons (Fsp3) is 0.190. The third-order valence-corrected chi connectivity index (χ3v) is 3.57. The van der Waals surface area contributed by atoms with Crippen LogP contribution in [0.4, 0.5) is 0 Å². The van der Waals surface area contributed by atoms with Gasteiger partial charge in [0.25, 0.3) is 11.8 Å². The molecule has 0 aromatic heterocycles. The molecule has 0 unspecified atom stereocenters. The topological polar surface area (TPSA) is 93.7 Å². The number of benzene rings is 2. The highest BCUT2D eigenvalue weighted by Gasteiger charge is 2.07. The molecular formula is C21H22N2O5. The van der Waals surface area contributed by atoms with Gasteiger partial charge in [0.05, 0.1) is 12.2 Å². The lowest BCUT2D eigenvalue weighted by molar-refractivity contribution is -0.128. The number of carbonyl (C=O) groups excluding carboxylic acids is 3. The molecular weight excluding hydrogens is 360 g/mol. The Balaban J connectivity index is 1.72. The van der Waals surface area contributed by atoms with Crippen LogP contribution in [0.1, 0.15) is 28.4 Å². The molecule has 0 radical (unpaired) electrons. The number of nitrogens with one attached hydrogen (secondary N) is 2. The maximum atomic E-state index is 11.7. The van der Waals surface area contributed by atoms with Gasteiger partial charge < -0.3 is 9.47 Å². The van der Waals surface area contributed by atoms with Crippen molar-refractivity contribution in [3.05, 3.63) is 71.3 Å². The van der Waals surface area contributed by atoms with Crippen LogP contribution in [0, 0.1) is 6.92 Å². The summed E-state index contributed by atoms with van der Waals surface area (Å²) in [6.45, 7) is 3.71. The van der Waals surface area contributed by atoms with Gasteiger partial charge in [-0.15, -0.1) is 0 Å². The van der Waals surface area contributed by atoms with Gasteiger partial charge in [0, 0.05) is 6.08 Å². The Hall–Kier alpha value is -3.61. The summed E-state index contributed by atoms with van der Waals surface area (Å²) in [6, 6.07) is 13.9.